The van der Waals surface area contributed by atoms with Gasteiger partial charge in [-0.2, -0.15) is 0 Å². The van der Waals surface area contributed by atoms with Crippen molar-refractivity contribution in [1.82, 2.24) is 4.98 Å². The first-order valence-corrected chi connectivity index (χ1v) is 8.69. The van der Waals surface area contributed by atoms with E-state index in [0.717, 1.165) is 5.39 Å². The Balaban J connectivity index is 1.62. The van der Waals surface area contributed by atoms with Gasteiger partial charge in [0, 0.05) is 5.39 Å². The second kappa shape index (κ2) is 8.51. The number of anilines is 1. The molecule has 0 aliphatic heterocycles. The summed E-state index contributed by atoms with van der Waals surface area (Å²) in [5.74, 6) is -0.495. The number of aromatic nitrogens is 1. The maximum absolute atomic E-state index is 12.2. The molecule has 0 aliphatic rings. The van der Waals surface area contributed by atoms with Gasteiger partial charge in [0.2, 0.25) is 0 Å². The summed E-state index contributed by atoms with van der Waals surface area (Å²) in [7, 11) is 0. The van der Waals surface area contributed by atoms with E-state index in [0.29, 0.717) is 34.3 Å². The van der Waals surface area contributed by atoms with Crippen molar-refractivity contribution in [3.63, 3.8) is 0 Å². The predicted octanol–water partition coefficient (Wildman–Crippen LogP) is 4.08. The number of benzene rings is 2. The van der Waals surface area contributed by atoms with E-state index in [1.165, 1.54) is 0 Å². The van der Waals surface area contributed by atoms with Gasteiger partial charge < -0.3 is 14.8 Å². The van der Waals surface area contributed by atoms with E-state index in [2.05, 4.69) is 10.3 Å². The molecular weight excluding hydrogens is 368 g/mol. The zero-order chi connectivity index (χ0) is 19.2. The van der Waals surface area contributed by atoms with Gasteiger partial charge in [0.15, 0.2) is 6.61 Å². The Hall–Kier alpha value is -3.12. The third-order valence-corrected chi connectivity index (χ3v) is 3.90. The van der Waals surface area contributed by atoms with Crippen molar-refractivity contribution in [2.24, 2.45) is 0 Å². The van der Waals surface area contributed by atoms with Crippen LogP contribution in [0.1, 0.15) is 17.3 Å². The molecule has 0 bridgehead atoms. The standard InChI is InChI=1S/C20H17ClN2O4/c1-2-26-17-6-4-3-5-16(17)23-19(24)12-27-20(25)14-7-9-15-13(11-14)8-10-18(21)22-15/h3-11H,2,12H2,1H3,(H,23,24). The number of fused-ring (bicyclic) bond motifs is 1. The van der Waals surface area contributed by atoms with Crippen molar-refractivity contribution in [3.05, 3.63) is 65.3 Å². The van der Waals surface area contributed by atoms with Crippen molar-refractivity contribution >= 4 is 40.1 Å². The molecule has 0 radical (unpaired) electrons. The zero-order valence-electron chi connectivity index (χ0n) is 14.6. The third-order valence-electron chi connectivity index (χ3n) is 3.69. The van der Waals surface area contributed by atoms with Crippen LogP contribution >= 0.6 is 11.6 Å². The van der Waals surface area contributed by atoms with Crippen LogP contribution in [0.5, 0.6) is 5.75 Å². The van der Waals surface area contributed by atoms with E-state index in [-0.39, 0.29) is 0 Å². The minimum atomic E-state index is -0.597. The molecule has 1 N–H and O–H groups in total. The van der Waals surface area contributed by atoms with Crippen molar-refractivity contribution < 1.29 is 19.1 Å². The first-order chi connectivity index (χ1) is 13.1. The summed E-state index contributed by atoms with van der Waals surface area (Å²) in [5, 5.41) is 3.80. The molecule has 0 spiro atoms. The quantitative estimate of drug-likeness (QED) is 0.511. The van der Waals surface area contributed by atoms with E-state index in [1.807, 2.05) is 13.0 Å². The Labute approximate surface area is 161 Å². The van der Waals surface area contributed by atoms with Gasteiger partial charge in [-0.1, -0.05) is 23.7 Å². The number of halogens is 1. The minimum Gasteiger partial charge on any atom is -0.492 e. The maximum atomic E-state index is 12.2. The van der Waals surface area contributed by atoms with Crippen molar-refractivity contribution in [1.29, 1.82) is 0 Å². The lowest BCUT2D eigenvalue weighted by molar-refractivity contribution is -0.119. The highest BCUT2D eigenvalue weighted by Gasteiger charge is 2.13. The summed E-state index contributed by atoms with van der Waals surface area (Å²) in [6.45, 7) is 1.92. The molecule has 3 aromatic rings. The Morgan fingerprint density at radius 3 is 2.74 bits per heavy atom. The molecule has 0 unspecified atom stereocenters. The molecule has 1 aromatic heterocycles. The Bertz CT molecular complexity index is 991. The lowest BCUT2D eigenvalue weighted by Crippen LogP contribution is -2.21. The molecular formula is C20H17ClN2O4. The molecule has 7 heteroatoms. The second-order valence-corrected chi connectivity index (χ2v) is 5.98. The molecule has 138 valence electrons. The first-order valence-electron chi connectivity index (χ1n) is 8.32. The van der Waals surface area contributed by atoms with Crippen molar-refractivity contribution in [2.75, 3.05) is 18.5 Å². The predicted molar refractivity (Wildman–Crippen MR) is 103 cm³/mol. The minimum absolute atomic E-state index is 0.328. The van der Waals surface area contributed by atoms with Gasteiger partial charge in [0.1, 0.15) is 10.9 Å². The molecule has 1 heterocycles. The second-order valence-electron chi connectivity index (χ2n) is 5.59. The van der Waals surface area contributed by atoms with Gasteiger partial charge in [0.25, 0.3) is 5.91 Å². The van der Waals surface area contributed by atoms with E-state index in [9.17, 15) is 9.59 Å². The van der Waals surface area contributed by atoms with Gasteiger partial charge in [-0.25, -0.2) is 9.78 Å². The smallest absolute Gasteiger partial charge is 0.338 e. The number of carbonyl (C=O) groups is 2. The zero-order valence-corrected chi connectivity index (χ0v) is 15.3. The van der Waals surface area contributed by atoms with Gasteiger partial charge in [0.05, 0.1) is 23.4 Å². The summed E-state index contributed by atoms with van der Waals surface area (Å²) in [4.78, 5) is 28.5. The van der Waals surface area contributed by atoms with Crippen molar-refractivity contribution in [2.45, 2.75) is 6.92 Å². The number of carbonyl (C=O) groups excluding carboxylic acids is 2. The van der Waals surface area contributed by atoms with Crippen LogP contribution in [0.2, 0.25) is 5.15 Å². The number of nitrogens with one attached hydrogen (secondary N) is 1. The molecule has 3 rings (SSSR count). The monoisotopic (exact) mass is 384 g/mol. The van der Waals surface area contributed by atoms with E-state index < -0.39 is 18.5 Å². The van der Waals surface area contributed by atoms with E-state index in [4.69, 9.17) is 21.1 Å². The van der Waals surface area contributed by atoms with Gasteiger partial charge in [-0.05, 0) is 49.4 Å². The Morgan fingerprint density at radius 2 is 1.93 bits per heavy atom. The lowest BCUT2D eigenvalue weighted by atomic mass is 10.1. The molecule has 27 heavy (non-hydrogen) atoms. The molecule has 2 aromatic carbocycles. The fourth-order valence-electron chi connectivity index (χ4n) is 2.48. The SMILES string of the molecule is CCOc1ccccc1NC(=O)COC(=O)c1ccc2nc(Cl)ccc2c1. The van der Waals surface area contributed by atoms with Crippen LogP contribution in [0, 0.1) is 0 Å². The lowest BCUT2D eigenvalue weighted by Gasteiger charge is -2.11. The number of nitrogens with zero attached hydrogens (tertiary/aromatic N) is 1. The number of esters is 1. The third kappa shape index (κ3) is 4.74. The summed E-state index contributed by atoms with van der Waals surface area (Å²) in [6.07, 6.45) is 0. The average molecular weight is 385 g/mol. The molecule has 0 atom stereocenters. The van der Waals surface area contributed by atoms with Crippen LogP contribution < -0.4 is 10.1 Å². The first kappa shape index (κ1) is 18.7. The molecule has 0 aliphatic carbocycles. The average Bonchev–Trinajstić information content (AvgIpc) is 2.67. The maximum Gasteiger partial charge on any atom is 0.338 e. The van der Waals surface area contributed by atoms with Gasteiger partial charge in [-0.15, -0.1) is 0 Å². The number of hydrogen-bond acceptors (Lipinski definition) is 5. The van der Waals surface area contributed by atoms with Gasteiger partial charge in [-0.3, -0.25) is 4.79 Å². The van der Waals surface area contributed by atoms with Crippen LogP contribution in [0.15, 0.2) is 54.6 Å². The summed E-state index contributed by atoms with van der Waals surface area (Å²) in [5.41, 5.74) is 1.52. The number of rotatable bonds is 6. The van der Waals surface area contributed by atoms with Crippen molar-refractivity contribution in [3.8, 4) is 5.75 Å². The van der Waals surface area contributed by atoms with E-state index >= 15 is 0 Å². The molecule has 0 saturated carbocycles. The molecule has 0 fully saturated rings. The molecule has 1 amide bonds. The molecule has 6 nitrogen and oxygen atoms in total. The summed E-state index contributed by atoms with van der Waals surface area (Å²) < 4.78 is 10.5. The van der Waals surface area contributed by atoms with Crippen LogP contribution in [-0.4, -0.2) is 30.1 Å². The summed E-state index contributed by atoms with van der Waals surface area (Å²) in [6, 6.07) is 15.4. The van der Waals surface area contributed by atoms with Gasteiger partial charge >= 0.3 is 5.97 Å². The largest absolute Gasteiger partial charge is 0.492 e. The summed E-state index contributed by atoms with van der Waals surface area (Å²) >= 11 is 5.85. The van der Waals surface area contributed by atoms with E-state index in [1.54, 1.807) is 48.5 Å². The Morgan fingerprint density at radius 1 is 1.11 bits per heavy atom. The normalized spacial score (nSPS) is 10.4. The van der Waals surface area contributed by atoms with Crippen LogP contribution in [0.3, 0.4) is 0 Å². The number of para-hydroxylation sites is 2. The highest BCUT2D eigenvalue weighted by molar-refractivity contribution is 6.29. The topological polar surface area (TPSA) is 77.5 Å². The fourth-order valence-corrected chi connectivity index (χ4v) is 2.63. The highest BCUT2D eigenvalue weighted by Crippen LogP contribution is 2.23. The number of hydrogen-bond donors (Lipinski definition) is 1. The van der Waals surface area contributed by atoms with Crippen LogP contribution in [0.25, 0.3) is 10.9 Å². The molecule has 0 saturated heterocycles. The number of amides is 1. The van der Waals surface area contributed by atoms with Crippen LogP contribution in [-0.2, 0) is 9.53 Å². The number of ether oxygens (including phenoxy) is 2. The Kier molecular flexibility index (Phi) is 5.88. The fraction of sp³-hybridized carbons (Fsp3) is 0.150. The van der Waals surface area contributed by atoms with Crippen LogP contribution in [0.4, 0.5) is 5.69 Å². The highest BCUT2D eigenvalue weighted by atomic mass is 35.5. The number of pyridine rings is 1.